The average Bonchev–Trinajstić information content (AvgIpc) is 2.67. The Hall–Kier alpha value is -2.63. The molecule has 1 aromatic carbocycles. The van der Waals surface area contributed by atoms with Crippen molar-refractivity contribution in [2.45, 2.75) is 12.8 Å². The van der Waals surface area contributed by atoms with Crippen molar-refractivity contribution in [3.63, 3.8) is 0 Å². The minimum absolute atomic E-state index is 0.138. The first-order valence-corrected chi connectivity index (χ1v) is 8.44. The fourth-order valence-corrected chi connectivity index (χ4v) is 3.08. The highest BCUT2D eigenvalue weighted by atomic mass is 19.1. The molecule has 2 heterocycles. The van der Waals surface area contributed by atoms with Crippen LogP contribution >= 0.6 is 0 Å². The highest BCUT2D eigenvalue weighted by molar-refractivity contribution is 5.94. The predicted molar refractivity (Wildman–Crippen MR) is 94.5 cm³/mol. The molecule has 6 heteroatoms. The van der Waals surface area contributed by atoms with Gasteiger partial charge in [-0.05, 0) is 49.1 Å². The first kappa shape index (κ1) is 17.2. The number of halogens is 1. The Kier molecular flexibility index (Phi) is 5.48. The first-order chi connectivity index (χ1) is 12.2. The Morgan fingerprint density at radius 3 is 2.80 bits per heavy atom. The summed E-state index contributed by atoms with van der Waals surface area (Å²) in [5.74, 6) is -0.213. The normalized spacial score (nSPS) is 15.0. The number of rotatable bonds is 5. The Balaban J connectivity index is 1.48. The third-order valence-electron chi connectivity index (χ3n) is 4.59. The number of ether oxygens (including phenoxy) is 1. The van der Waals surface area contributed by atoms with Gasteiger partial charge in [0.05, 0.1) is 19.0 Å². The molecular weight excluding hydrogens is 321 g/mol. The lowest BCUT2D eigenvalue weighted by Crippen LogP contribution is -2.38. The number of carbonyl (C=O) groups is 1. The topological polar surface area (TPSA) is 54.5 Å². The van der Waals surface area contributed by atoms with E-state index in [1.54, 1.807) is 12.3 Å². The number of carbonyl (C=O) groups excluding carboxylic acids is 1. The van der Waals surface area contributed by atoms with Crippen LogP contribution in [0.1, 0.15) is 23.2 Å². The van der Waals surface area contributed by atoms with Gasteiger partial charge in [0.1, 0.15) is 0 Å². The molecule has 1 amide bonds. The smallest absolute Gasteiger partial charge is 0.251 e. The first-order valence-electron chi connectivity index (χ1n) is 8.44. The van der Waals surface area contributed by atoms with Crippen LogP contribution in [0.15, 0.2) is 42.7 Å². The van der Waals surface area contributed by atoms with Crippen molar-refractivity contribution in [2.75, 3.05) is 31.6 Å². The molecule has 1 aliphatic rings. The maximum atomic E-state index is 13.7. The molecule has 0 radical (unpaired) electrons. The van der Waals surface area contributed by atoms with E-state index in [1.165, 1.54) is 19.2 Å². The number of pyridine rings is 1. The van der Waals surface area contributed by atoms with Crippen molar-refractivity contribution in [1.82, 2.24) is 10.3 Å². The van der Waals surface area contributed by atoms with Crippen molar-refractivity contribution in [1.29, 1.82) is 0 Å². The highest BCUT2D eigenvalue weighted by Crippen LogP contribution is 2.22. The molecule has 1 saturated heterocycles. The predicted octanol–water partition coefficient (Wildman–Crippen LogP) is 2.88. The van der Waals surface area contributed by atoms with E-state index in [9.17, 15) is 9.18 Å². The van der Waals surface area contributed by atoms with E-state index in [1.807, 2.05) is 12.3 Å². The molecule has 25 heavy (non-hydrogen) atoms. The Morgan fingerprint density at radius 1 is 1.36 bits per heavy atom. The molecule has 1 aliphatic heterocycles. The lowest BCUT2D eigenvalue weighted by atomic mass is 9.96. The van der Waals surface area contributed by atoms with Crippen molar-refractivity contribution in [3.8, 4) is 5.75 Å². The number of aromatic nitrogens is 1. The maximum absolute atomic E-state index is 13.7. The van der Waals surface area contributed by atoms with Gasteiger partial charge in [0.15, 0.2) is 11.6 Å². The van der Waals surface area contributed by atoms with E-state index in [4.69, 9.17) is 4.74 Å². The molecule has 0 saturated carbocycles. The number of methoxy groups -OCH3 is 1. The molecule has 1 N–H and O–H groups in total. The van der Waals surface area contributed by atoms with Crippen LogP contribution in [0.5, 0.6) is 5.75 Å². The van der Waals surface area contributed by atoms with Crippen LogP contribution < -0.4 is 15.0 Å². The highest BCUT2D eigenvalue weighted by Gasteiger charge is 2.20. The van der Waals surface area contributed by atoms with Crippen molar-refractivity contribution in [2.24, 2.45) is 5.92 Å². The van der Waals surface area contributed by atoms with Crippen LogP contribution in [0, 0.1) is 11.7 Å². The summed E-state index contributed by atoms with van der Waals surface area (Å²) in [4.78, 5) is 18.7. The molecular formula is C19H22FN3O2. The lowest BCUT2D eigenvalue weighted by Gasteiger charge is -2.33. The zero-order valence-corrected chi connectivity index (χ0v) is 14.2. The van der Waals surface area contributed by atoms with Gasteiger partial charge in [-0.3, -0.25) is 9.78 Å². The van der Waals surface area contributed by atoms with E-state index < -0.39 is 5.82 Å². The van der Waals surface area contributed by atoms with Gasteiger partial charge in [-0.15, -0.1) is 0 Å². The summed E-state index contributed by atoms with van der Waals surface area (Å²) in [5, 5.41) is 2.91. The second kappa shape index (κ2) is 7.96. The van der Waals surface area contributed by atoms with Gasteiger partial charge in [-0.2, -0.15) is 0 Å². The molecule has 1 aromatic heterocycles. The van der Waals surface area contributed by atoms with Gasteiger partial charge < -0.3 is 15.0 Å². The molecule has 132 valence electrons. The molecule has 5 nitrogen and oxygen atoms in total. The molecule has 0 aliphatic carbocycles. The SMILES string of the molecule is COc1ccc(C(=O)NCC2CCN(c3cccnc3)CC2)cc1F. The van der Waals surface area contributed by atoms with Crippen LogP contribution in [0.4, 0.5) is 10.1 Å². The number of nitrogens with zero attached hydrogens (tertiary/aromatic N) is 2. The summed E-state index contributed by atoms with van der Waals surface area (Å²) >= 11 is 0. The Bertz CT molecular complexity index is 716. The summed E-state index contributed by atoms with van der Waals surface area (Å²) in [6, 6.07) is 8.25. The van der Waals surface area contributed by atoms with Gasteiger partial charge in [-0.25, -0.2) is 4.39 Å². The summed E-state index contributed by atoms with van der Waals surface area (Å²) in [7, 11) is 1.40. The Labute approximate surface area is 146 Å². The van der Waals surface area contributed by atoms with Crippen LogP contribution in [-0.2, 0) is 0 Å². The van der Waals surface area contributed by atoms with Gasteiger partial charge >= 0.3 is 0 Å². The second-order valence-corrected chi connectivity index (χ2v) is 6.20. The van der Waals surface area contributed by atoms with Crippen molar-refractivity contribution >= 4 is 11.6 Å². The third kappa shape index (κ3) is 4.26. The average molecular weight is 343 g/mol. The van der Waals surface area contributed by atoms with E-state index in [-0.39, 0.29) is 11.7 Å². The summed E-state index contributed by atoms with van der Waals surface area (Å²) in [6.45, 7) is 2.50. The standard InChI is InChI=1S/C19H22FN3O2/c1-25-18-5-4-15(11-17(18)20)19(24)22-12-14-6-9-23(10-7-14)16-3-2-8-21-13-16/h2-5,8,11,13-14H,6-7,9-10,12H2,1H3,(H,22,24). The van der Waals surface area contributed by atoms with Crippen LogP contribution in [0.3, 0.4) is 0 Å². The quantitative estimate of drug-likeness (QED) is 0.907. The largest absolute Gasteiger partial charge is 0.494 e. The van der Waals surface area contributed by atoms with Crippen molar-refractivity contribution in [3.05, 3.63) is 54.1 Å². The second-order valence-electron chi connectivity index (χ2n) is 6.20. The number of piperidine rings is 1. The number of amides is 1. The zero-order valence-electron chi connectivity index (χ0n) is 14.2. The summed E-state index contributed by atoms with van der Waals surface area (Å²) in [5.41, 5.74) is 1.45. The van der Waals surface area contributed by atoms with Gasteiger partial charge in [-0.1, -0.05) is 0 Å². The molecule has 3 rings (SSSR count). The fraction of sp³-hybridized carbons (Fsp3) is 0.368. The molecule has 1 fully saturated rings. The van der Waals surface area contributed by atoms with Gasteiger partial charge in [0.25, 0.3) is 5.91 Å². The maximum Gasteiger partial charge on any atom is 0.251 e. The number of hydrogen-bond donors (Lipinski definition) is 1. The van der Waals surface area contributed by atoms with E-state index in [0.29, 0.717) is 18.0 Å². The number of hydrogen-bond acceptors (Lipinski definition) is 4. The third-order valence-corrected chi connectivity index (χ3v) is 4.59. The summed E-state index contributed by atoms with van der Waals surface area (Å²) < 4.78 is 18.6. The van der Waals surface area contributed by atoms with E-state index >= 15 is 0 Å². The molecule has 0 bridgehead atoms. The molecule has 0 atom stereocenters. The van der Waals surface area contributed by atoms with Crippen LogP contribution in [0.25, 0.3) is 0 Å². The molecule has 0 unspecified atom stereocenters. The minimum atomic E-state index is -0.528. The lowest BCUT2D eigenvalue weighted by molar-refractivity contribution is 0.0944. The van der Waals surface area contributed by atoms with E-state index in [0.717, 1.165) is 31.6 Å². The molecule has 0 spiro atoms. The number of nitrogens with one attached hydrogen (secondary N) is 1. The van der Waals surface area contributed by atoms with Gasteiger partial charge in [0, 0.05) is 31.4 Å². The van der Waals surface area contributed by atoms with Crippen LogP contribution in [-0.4, -0.2) is 37.6 Å². The van der Waals surface area contributed by atoms with E-state index in [2.05, 4.69) is 21.3 Å². The minimum Gasteiger partial charge on any atom is -0.494 e. The van der Waals surface area contributed by atoms with Crippen molar-refractivity contribution < 1.29 is 13.9 Å². The number of anilines is 1. The van der Waals surface area contributed by atoms with Crippen LogP contribution in [0.2, 0.25) is 0 Å². The molecule has 2 aromatic rings. The zero-order chi connectivity index (χ0) is 17.6. The Morgan fingerprint density at radius 2 is 2.16 bits per heavy atom. The summed E-state index contributed by atoms with van der Waals surface area (Å²) in [6.07, 6.45) is 5.66. The fourth-order valence-electron chi connectivity index (χ4n) is 3.08. The monoisotopic (exact) mass is 343 g/mol. The number of benzene rings is 1. The van der Waals surface area contributed by atoms with Gasteiger partial charge in [0.2, 0.25) is 0 Å².